The van der Waals surface area contributed by atoms with E-state index in [9.17, 15) is 10.1 Å². The molecule has 35 heavy (non-hydrogen) atoms. The molecule has 3 rings (SSSR count). The molecular weight excluding hydrogens is 528 g/mol. The molecule has 0 radical (unpaired) electrons. The fourth-order valence-corrected chi connectivity index (χ4v) is 3.98. The molecule has 0 saturated carbocycles. The maximum absolute atomic E-state index is 12.6. The molecule has 0 saturated heterocycles. The lowest BCUT2D eigenvalue weighted by atomic mass is 10.1. The average molecular weight is 554 g/mol. The number of nitrogens with zero attached hydrogens (tertiary/aromatic N) is 1. The maximum atomic E-state index is 12.6. The van der Waals surface area contributed by atoms with Crippen molar-refractivity contribution >= 4 is 39.5 Å². The lowest BCUT2D eigenvalue weighted by Gasteiger charge is -2.15. The molecule has 5 nitrogen and oxygen atoms in total. The lowest BCUT2D eigenvalue weighted by molar-refractivity contribution is -0.117. The van der Waals surface area contributed by atoms with Gasteiger partial charge in [-0.15, -0.1) is 0 Å². The molecule has 180 valence electrons. The summed E-state index contributed by atoms with van der Waals surface area (Å²) in [7, 11) is 0. The van der Waals surface area contributed by atoms with Gasteiger partial charge in [0.1, 0.15) is 18.2 Å². The number of halogens is 2. The minimum Gasteiger partial charge on any atom is -0.490 e. The number of nitriles is 1. The Labute approximate surface area is 219 Å². The first kappa shape index (κ1) is 26.3. The molecule has 0 fully saturated rings. The van der Waals surface area contributed by atoms with Gasteiger partial charge in [-0.05, 0) is 55.2 Å². The zero-order chi connectivity index (χ0) is 25.0. The molecule has 0 spiro atoms. The highest BCUT2D eigenvalue weighted by molar-refractivity contribution is 9.10. The van der Waals surface area contributed by atoms with Crippen molar-refractivity contribution in [3.05, 3.63) is 98.5 Å². The second-order valence-electron chi connectivity index (χ2n) is 7.65. The molecule has 0 heterocycles. The summed E-state index contributed by atoms with van der Waals surface area (Å²) in [5.74, 6) is 0.624. The van der Waals surface area contributed by atoms with Crippen LogP contribution in [0.5, 0.6) is 11.5 Å². The van der Waals surface area contributed by atoms with E-state index >= 15 is 0 Å². The smallest absolute Gasteiger partial charge is 0.261 e. The highest BCUT2D eigenvalue weighted by atomic mass is 79.9. The Morgan fingerprint density at radius 1 is 1.09 bits per heavy atom. The van der Waals surface area contributed by atoms with Crippen molar-refractivity contribution < 1.29 is 14.3 Å². The zero-order valence-corrected chi connectivity index (χ0v) is 21.7. The lowest BCUT2D eigenvalue weighted by Crippen LogP contribution is -2.25. The van der Waals surface area contributed by atoms with Crippen LogP contribution in [-0.4, -0.2) is 19.1 Å². The van der Waals surface area contributed by atoms with Gasteiger partial charge in [-0.25, -0.2) is 0 Å². The van der Waals surface area contributed by atoms with Crippen LogP contribution in [-0.2, 0) is 17.8 Å². The highest BCUT2D eigenvalue weighted by Crippen LogP contribution is 2.35. The van der Waals surface area contributed by atoms with E-state index in [0.29, 0.717) is 39.7 Å². The minimum atomic E-state index is -0.413. The van der Waals surface area contributed by atoms with Crippen LogP contribution in [0.3, 0.4) is 0 Å². The van der Waals surface area contributed by atoms with Crippen LogP contribution in [0.15, 0.2) is 76.8 Å². The summed E-state index contributed by atoms with van der Waals surface area (Å²) in [6, 6.07) is 23.0. The van der Waals surface area contributed by atoms with Crippen LogP contribution in [0.1, 0.15) is 30.0 Å². The average Bonchev–Trinajstić information content (AvgIpc) is 2.87. The van der Waals surface area contributed by atoms with Crippen molar-refractivity contribution in [2.24, 2.45) is 0 Å². The van der Waals surface area contributed by atoms with Crippen LogP contribution >= 0.6 is 27.5 Å². The Kier molecular flexibility index (Phi) is 10.2. The second-order valence-corrected chi connectivity index (χ2v) is 8.91. The van der Waals surface area contributed by atoms with Gasteiger partial charge in [0.05, 0.1) is 6.61 Å². The Morgan fingerprint density at radius 3 is 2.51 bits per heavy atom. The molecule has 0 aliphatic heterocycles. The standard InChI is InChI=1S/C28H26BrClN2O3/c1-2-34-26-16-22(24(29)17-27(26)35-19-21-12-6-7-13-25(21)30)15-23(18-31)28(33)32-14-8-11-20-9-4-3-5-10-20/h3-7,9-10,12-13,15-17H,2,8,11,14,19H2,1H3,(H,32,33)/b23-15-. The Bertz CT molecular complexity index is 1220. The van der Waals surface area contributed by atoms with E-state index in [4.69, 9.17) is 21.1 Å². The quantitative estimate of drug-likeness (QED) is 0.162. The number of ether oxygens (including phenoxy) is 2. The largest absolute Gasteiger partial charge is 0.490 e. The predicted octanol–water partition coefficient (Wildman–Crippen LogP) is 6.74. The van der Waals surface area contributed by atoms with Gasteiger partial charge in [-0.2, -0.15) is 5.26 Å². The maximum Gasteiger partial charge on any atom is 0.261 e. The number of carbonyl (C=O) groups is 1. The van der Waals surface area contributed by atoms with Gasteiger partial charge >= 0.3 is 0 Å². The second kappa shape index (κ2) is 13.6. The Balaban J connectivity index is 1.69. The van der Waals surface area contributed by atoms with Gasteiger partial charge in [0.25, 0.3) is 5.91 Å². The van der Waals surface area contributed by atoms with Crippen LogP contribution in [0, 0.1) is 11.3 Å². The Morgan fingerprint density at radius 2 is 1.80 bits per heavy atom. The highest BCUT2D eigenvalue weighted by Gasteiger charge is 2.14. The number of nitrogens with one attached hydrogen (secondary N) is 1. The number of aryl methyl sites for hydroxylation is 1. The van der Waals surface area contributed by atoms with E-state index in [2.05, 4.69) is 33.4 Å². The van der Waals surface area contributed by atoms with Crippen LogP contribution in [0.2, 0.25) is 5.02 Å². The first-order valence-electron chi connectivity index (χ1n) is 11.3. The molecule has 3 aromatic rings. The molecule has 0 aliphatic rings. The molecule has 0 aliphatic carbocycles. The molecule has 3 aromatic carbocycles. The van der Waals surface area contributed by atoms with Gasteiger partial charge in [0, 0.05) is 21.6 Å². The number of amides is 1. The number of benzene rings is 3. The van der Waals surface area contributed by atoms with E-state index in [1.165, 1.54) is 11.6 Å². The molecule has 1 amide bonds. The van der Waals surface area contributed by atoms with E-state index in [-0.39, 0.29) is 12.2 Å². The SMILES string of the molecule is CCOc1cc(/C=C(/C#N)C(=O)NCCCc2ccccc2)c(Br)cc1OCc1ccccc1Cl. The van der Waals surface area contributed by atoms with Crippen LogP contribution in [0.4, 0.5) is 0 Å². The van der Waals surface area contributed by atoms with Crippen molar-refractivity contribution in [2.45, 2.75) is 26.4 Å². The molecule has 0 bridgehead atoms. The van der Waals surface area contributed by atoms with Gasteiger partial charge in [-0.1, -0.05) is 76.1 Å². The zero-order valence-electron chi connectivity index (χ0n) is 19.4. The normalized spacial score (nSPS) is 11.0. The molecule has 0 aromatic heterocycles. The van der Waals surface area contributed by atoms with E-state index in [1.54, 1.807) is 12.1 Å². The summed E-state index contributed by atoms with van der Waals surface area (Å²) >= 11 is 9.75. The number of carbonyl (C=O) groups excluding carboxylic acids is 1. The van der Waals surface area contributed by atoms with Crippen molar-refractivity contribution in [3.8, 4) is 17.6 Å². The van der Waals surface area contributed by atoms with Crippen LogP contribution in [0.25, 0.3) is 6.08 Å². The third-order valence-corrected chi connectivity index (χ3v) is 6.19. The van der Waals surface area contributed by atoms with Crippen molar-refractivity contribution in [1.82, 2.24) is 5.32 Å². The Hall–Kier alpha value is -3.27. The topological polar surface area (TPSA) is 71.3 Å². The summed E-state index contributed by atoms with van der Waals surface area (Å²) in [6.07, 6.45) is 3.17. The van der Waals surface area contributed by atoms with E-state index < -0.39 is 5.91 Å². The summed E-state index contributed by atoms with van der Waals surface area (Å²) in [4.78, 5) is 12.6. The summed E-state index contributed by atoms with van der Waals surface area (Å²) in [5.41, 5.74) is 2.71. The molecule has 7 heteroatoms. The monoisotopic (exact) mass is 552 g/mol. The summed E-state index contributed by atoms with van der Waals surface area (Å²) < 4.78 is 12.4. The van der Waals surface area contributed by atoms with Crippen molar-refractivity contribution in [1.29, 1.82) is 5.26 Å². The molecular formula is C28H26BrClN2O3. The van der Waals surface area contributed by atoms with Gasteiger partial charge in [0.2, 0.25) is 0 Å². The fourth-order valence-electron chi connectivity index (χ4n) is 3.35. The number of hydrogen-bond donors (Lipinski definition) is 1. The summed E-state index contributed by atoms with van der Waals surface area (Å²) in [5, 5.41) is 13.0. The third-order valence-electron chi connectivity index (χ3n) is 5.14. The van der Waals surface area contributed by atoms with E-state index in [0.717, 1.165) is 18.4 Å². The summed E-state index contributed by atoms with van der Waals surface area (Å²) in [6.45, 7) is 3.06. The van der Waals surface area contributed by atoms with Gasteiger partial charge in [-0.3, -0.25) is 4.79 Å². The number of hydrogen-bond acceptors (Lipinski definition) is 4. The predicted molar refractivity (Wildman–Crippen MR) is 142 cm³/mol. The fraction of sp³-hybridized carbons (Fsp3) is 0.214. The van der Waals surface area contributed by atoms with Crippen LogP contribution < -0.4 is 14.8 Å². The first-order valence-corrected chi connectivity index (χ1v) is 12.5. The molecule has 0 atom stereocenters. The van der Waals surface area contributed by atoms with Crippen molar-refractivity contribution in [2.75, 3.05) is 13.2 Å². The van der Waals surface area contributed by atoms with Gasteiger partial charge in [0.15, 0.2) is 11.5 Å². The van der Waals surface area contributed by atoms with E-state index in [1.807, 2.05) is 55.5 Å². The molecule has 1 N–H and O–H groups in total. The third kappa shape index (κ3) is 7.88. The first-order chi connectivity index (χ1) is 17.0. The number of rotatable bonds is 11. The molecule has 0 unspecified atom stereocenters. The van der Waals surface area contributed by atoms with Gasteiger partial charge < -0.3 is 14.8 Å². The van der Waals surface area contributed by atoms with Crippen molar-refractivity contribution in [3.63, 3.8) is 0 Å². The minimum absolute atomic E-state index is 0.0117.